The first-order chi connectivity index (χ1) is 13.5. The van der Waals surface area contributed by atoms with Crippen molar-refractivity contribution in [3.05, 3.63) is 75.5 Å². The van der Waals surface area contributed by atoms with E-state index in [9.17, 15) is 14.4 Å². The van der Waals surface area contributed by atoms with Gasteiger partial charge in [0, 0.05) is 16.8 Å². The van der Waals surface area contributed by atoms with Gasteiger partial charge in [-0.05, 0) is 47.7 Å². The van der Waals surface area contributed by atoms with Crippen molar-refractivity contribution in [1.82, 2.24) is 0 Å². The van der Waals surface area contributed by atoms with Crippen molar-refractivity contribution in [2.24, 2.45) is 0 Å². The molecule has 140 valence electrons. The van der Waals surface area contributed by atoms with Crippen LogP contribution in [-0.4, -0.2) is 24.3 Å². The second-order valence-electron chi connectivity index (χ2n) is 6.63. The van der Waals surface area contributed by atoms with Crippen LogP contribution in [0, 0.1) is 6.92 Å². The summed E-state index contributed by atoms with van der Waals surface area (Å²) in [4.78, 5) is 36.8. The molecule has 1 aromatic heterocycles. The van der Waals surface area contributed by atoms with E-state index in [0.717, 1.165) is 27.9 Å². The van der Waals surface area contributed by atoms with Crippen molar-refractivity contribution < 1.29 is 19.1 Å². The van der Waals surface area contributed by atoms with Gasteiger partial charge in [-0.1, -0.05) is 29.8 Å². The molecule has 2 aromatic carbocycles. The second kappa shape index (κ2) is 7.40. The first-order valence-electron chi connectivity index (χ1n) is 8.79. The van der Waals surface area contributed by atoms with Gasteiger partial charge in [0.1, 0.15) is 4.88 Å². The Kier molecular flexibility index (Phi) is 4.79. The molecule has 1 aliphatic heterocycles. The predicted molar refractivity (Wildman–Crippen MR) is 108 cm³/mol. The normalized spacial score (nSPS) is 12.4. The summed E-state index contributed by atoms with van der Waals surface area (Å²) in [5.74, 6) is -0.909. The maximum Gasteiger partial charge on any atom is 0.349 e. The van der Waals surface area contributed by atoms with Crippen LogP contribution in [0.2, 0.25) is 0 Å². The van der Waals surface area contributed by atoms with Crippen LogP contribution >= 0.6 is 11.3 Å². The molecular weight excluding hydrogens is 374 g/mol. The molecule has 0 fully saturated rings. The minimum Gasteiger partial charge on any atom is -0.453 e. The lowest BCUT2D eigenvalue weighted by atomic mass is 10.0. The number of anilines is 1. The summed E-state index contributed by atoms with van der Waals surface area (Å²) in [6.45, 7) is 1.66. The zero-order valence-corrected chi connectivity index (χ0v) is 16.0. The summed E-state index contributed by atoms with van der Waals surface area (Å²) < 4.78 is 5.27. The van der Waals surface area contributed by atoms with Gasteiger partial charge in [0.2, 0.25) is 5.91 Å². The van der Waals surface area contributed by atoms with Gasteiger partial charge >= 0.3 is 5.97 Å². The van der Waals surface area contributed by atoms with Crippen molar-refractivity contribution >= 4 is 34.7 Å². The largest absolute Gasteiger partial charge is 0.453 e. The molecule has 0 atom stereocenters. The Hall–Kier alpha value is -3.25. The van der Waals surface area contributed by atoms with Gasteiger partial charge in [0.05, 0.1) is 6.42 Å². The summed E-state index contributed by atoms with van der Waals surface area (Å²) in [5, 5.41) is 4.55. The fourth-order valence-electron chi connectivity index (χ4n) is 3.11. The van der Waals surface area contributed by atoms with E-state index in [1.54, 1.807) is 18.2 Å². The molecule has 2 heterocycles. The third-order valence-corrected chi connectivity index (χ3v) is 5.49. The van der Waals surface area contributed by atoms with E-state index in [-0.39, 0.29) is 24.7 Å². The quantitative estimate of drug-likeness (QED) is 0.521. The summed E-state index contributed by atoms with van der Waals surface area (Å²) in [5.41, 5.74) is 4.79. The highest BCUT2D eigenvalue weighted by atomic mass is 32.1. The van der Waals surface area contributed by atoms with Gasteiger partial charge in [-0.25, -0.2) is 4.79 Å². The average molecular weight is 391 g/mol. The Bertz CT molecular complexity index is 1080. The number of ether oxygens (including phenoxy) is 1. The van der Waals surface area contributed by atoms with E-state index < -0.39 is 5.97 Å². The number of hydrogen-bond donors (Lipinski definition) is 1. The number of aryl methyl sites for hydroxylation is 1. The maximum absolute atomic E-state index is 12.5. The molecule has 3 aromatic rings. The van der Waals surface area contributed by atoms with Crippen LogP contribution in [-0.2, 0) is 16.0 Å². The second-order valence-corrected chi connectivity index (χ2v) is 7.54. The van der Waals surface area contributed by atoms with Gasteiger partial charge in [-0.15, -0.1) is 11.3 Å². The molecule has 0 radical (unpaired) electrons. The molecule has 0 spiro atoms. The molecule has 28 heavy (non-hydrogen) atoms. The monoisotopic (exact) mass is 391 g/mol. The van der Waals surface area contributed by atoms with E-state index >= 15 is 0 Å². The minimum atomic E-state index is -0.517. The van der Waals surface area contributed by atoms with E-state index in [1.165, 1.54) is 11.3 Å². The van der Waals surface area contributed by atoms with Crippen LogP contribution < -0.4 is 5.32 Å². The molecule has 0 saturated heterocycles. The van der Waals surface area contributed by atoms with Crippen LogP contribution in [0.15, 0.2) is 53.9 Å². The van der Waals surface area contributed by atoms with E-state index in [0.29, 0.717) is 10.4 Å². The highest BCUT2D eigenvalue weighted by Gasteiger charge is 2.21. The zero-order valence-electron chi connectivity index (χ0n) is 15.2. The number of carbonyl (C=O) groups excluding carboxylic acids is 3. The minimum absolute atomic E-state index is 0.0904. The lowest BCUT2D eigenvalue weighted by Gasteiger charge is -2.07. The number of esters is 1. The highest BCUT2D eigenvalue weighted by Crippen LogP contribution is 2.29. The number of benzene rings is 2. The van der Waals surface area contributed by atoms with Gasteiger partial charge in [0.25, 0.3) is 0 Å². The first kappa shape index (κ1) is 18.1. The highest BCUT2D eigenvalue weighted by molar-refractivity contribution is 7.12. The number of carbonyl (C=O) groups is 3. The smallest absolute Gasteiger partial charge is 0.349 e. The SMILES string of the molecule is Cc1ccc(-c2ccsc2C(=O)OCC(=O)c2ccc3c(c2)CC(=O)N3)cc1. The molecule has 1 amide bonds. The lowest BCUT2D eigenvalue weighted by Crippen LogP contribution is -2.14. The standard InChI is InChI=1S/C22H17NO4S/c1-13-2-4-14(5-3-13)17-8-9-28-21(17)22(26)27-12-19(24)15-6-7-18-16(10-15)11-20(25)23-18/h2-10H,11-12H2,1H3,(H,23,25). The Balaban J connectivity index is 1.45. The lowest BCUT2D eigenvalue weighted by molar-refractivity contribution is -0.115. The molecule has 1 N–H and O–H groups in total. The summed E-state index contributed by atoms with van der Waals surface area (Å²) in [6.07, 6.45) is 0.255. The number of amides is 1. The number of thiophene rings is 1. The van der Waals surface area contributed by atoms with E-state index in [1.807, 2.05) is 42.6 Å². The van der Waals surface area contributed by atoms with Crippen molar-refractivity contribution in [2.75, 3.05) is 11.9 Å². The van der Waals surface area contributed by atoms with Crippen LogP contribution in [0.1, 0.15) is 31.2 Å². The van der Waals surface area contributed by atoms with Crippen molar-refractivity contribution in [1.29, 1.82) is 0 Å². The van der Waals surface area contributed by atoms with Crippen LogP contribution in [0.4, 0.5) is 5.69 Å². The number of rotatable bonds is 5. The Morgan fingerprint density at radius 3 is 2.68 bits per heavy atom. The number of Topliss-reactive ketones (excluding diaryl/α,β-unsaturated/α-hetero) is 1. The first-order valence-corrected chi connectivity index (χ1v) is 9.67. The number of hydrogen-bond acceptors (Lipinski definition) is 5. The van der Waals surface area contributed by atoms with Gasteiger partial charge < -0.3 is 10.1 Å². The predicted octanol–water partition coefficient (Wildman–Crippen LogP) is 4.26. The van der Waals surface area contributed by atoms with E-state index in [2.05, 4.69) is 5.32 Å². The molecule has 6 heteroatoms. The number of ketones is 1. The van der Waals surface area contributed by atoms with Gasteiger partial charge in [-0.3, -0.25) is 9.59 Å². The third kappa shape index (κ3) is 3.59. The fourth-order valence-corrected chi connectivity index (χ4v) is 3.92. The van der Waals surface area contributed by atoms with Crippen molar-refractivity contribution in [3.63, 3.8) is 0 Å². The zero-order chi connectivity index (χ0) is 19.7. The molecule has 1 aliphatic rings. The fraction of sp³-hybridized carbons (Fsp3) is 0.136. The van der Waals surface area contributed by atoms with Crippen molar-refractivity contribution in [3.8, 4) is 11.1 Å². The van der Waals surface area contributed by atoms with Crippen LogP contribution in [0.3, 0.4) is 0 Å². The molecule has 0 unspecified atom stereocenters. The third-order valence-electron chi connectivity index (χ3n) is 4.60. The molecule has 5 nitrogen and oxygen atoms in total. The maximum atomic E-state index is 12.5. The molecule has 0 bridgehead atoms. The number of nitrogens with one attached hydrogen (secondary N) is 1. The molecule has 4 rings (SSSR count). The van der Waals surface area contributed by atoms with E-state index in [4.69, 9.17) is 4.74 Å². The number of fused-ring (bicyclic) bond motifs is 1. The Labute approximate surface area is 166 Å². The Morgan fingerprint density at radius 2 is 1.89 bits per heavy atom. The average Bonchev–Trinajstić information content (AvgIpc) is 3.31. The van der Waals surface area contributed by atoms with Crippen molar-refractivity contribution in [2.45, 2.75) is 13.3 Å². The van der Waals surface area contributed by atoms with Gasteiger partial charge in [0.15, 0.2) is 12.4 Å². The summed E-state index contributed by atoms with van der Waals surface area (Å²) >= 11 is 1.29. The molecule has 0 saturated carbocycles. The van der Waals surface area contributed by atoms with Crippen LogP contribution in [0.5, 0.6) is 0 Å². The van der Waals surface area contributed by atoms with Gasteiger partial charge in [-0.2, -0.15) is 0 Å². The summed E-state index contributed by atoms with van der Waals surface area (Å²) in [7, 11) is 0. The Morgan fingerprint density at radius 1 is 1.11 bits per heavy atom. The molecular formula is C22H17NO4S. The molecule has 0 aliphatic carbocycles. The summed E-state index contributed by atoms with van der Waals surface area (Å²) in [6, 6.07) is 14.8. The topological polar surface area (TPSA) is 72.5 Å². The van der Waals surface area contributed by atoms with Crippen LogP contribution in [0.25, 0.3) is 11.1 Å².